The second-order valence-electron chi connectivity index (χ2n) is 11.3. The van der Waals surface area contributed by atoms with E-state index in [9.17, 15) is 28.4 Å². The Morgan fingerprint density at radius 3 is 2.53 bits per heavy atom. The number of nitriles is 1. The number of anilines is 1. The fraction of sp³-hybridized carbons (Fsp3) is 0.355. The number of hydrogen-bond donors (Lipinski definition) is 1. The van der Waals surface area contributed by atoms with Gasteiger partial charge in [0, 0.05) is 28.3 Å². The van der Waals surface area contributed by atoms with Crippen LogP contribution in [-0.2, 0) is 16.7 Å². The van der Waals surface area contributed by atoms with E-state index in [0.29, 0.717) is 29.1 Å². The summed E-state index contributed by atoms with van der Waals surface area (Å²) >= 11 is 18.7. The van der Waals surface area contributed by atoms with Crippen molar-refractivity contribution >= 4 is 64.1 Å². The number of nitrogens with one attached hydrogen (secondary N) is 1. The maximum atomic E-state index is 14.3. The van der Waals surface area contributed by atoms with Crippen LogP contribution in [0.25, 0.3) is 0 Å². The lowest BCUT2D eigenvalue weighted by atomic mass is 9.92. The molecule has 1 aliphatic carbocycles. The van der Waals surface area contributed by atoms with Crippen molar-refractivity contribution in [1.29, 1.82) is 5.26 Å². The number of aromatic nitrogens is 1. The number of piperidine rings is 1. The first-order valence-electron chi connectivity index (χ1n) is 14.1. The van der Waals surface area contributed by atoms with Crippen LogP contribution in [0.3, 0.4) is 0 Å². The SMILES string of the molecule is COc1cc2c(cc1N1CCCC3(CC3)C1=O)CN(C(=O)c1c(Sc3c(Cl)cccc3Cl)cc(C(F)(F)Cl)[nH]c1=O)C2CC#N. The number of ether oxygens (including phenoxy) is 1. The Balaban J connectivity index is 1.42. The summed E-state index contributed by atoms with van der Waals surface area (Å²) in [5, 5.41) is 6.15. The van der Waals surface area contributed by atoms with Crippen molar-refractivity contribution in [2.75, 3.05) is 18.6 Å². The molecule has 2 aliphatic heterocycles. The summed E-state index contributed by atoms with van der Waals surface area (Å²) in [5.41, 5.74) is -0.894. The highest BCUT2D eigenvalue weighted by atomic mass is 35.5. The summed E-state index contributed by atoms with van der Waals surface area (Å²) in [5.74, 6) is -0.323. The summed E-state index contributed by atoms with van der Waals surface area (Å²) in [6.45, 7) is 0.520. The third-order valence-electron chi connectivity index (χ3n) is 8.59. The number of aromatic amines is 1. The lowest BCUT2D eigenvalue weighted by molar-refractivity contribution is -0.125. The predicted octanol–water partition coefficient (Wildman–Crippen LogP) is 7.65. The van der Waals surface area contributed by atoms with Crippen LogP contribution in [0.2, 0.25) is 10.0 Å². The molecule has 0 bridgehead atoms. The van der Waals surface area contributed by atoms with Crippen LogP contribution >= 0.6 is 46.6 Å². The summed E-state index contributed by atoms with van der Waals surface area (Å²) in [7, 11) is 1.49. The number of benzene rings is 2. The number of H-pyrrole nitrogens is 1. The molecular formula is C31H25Cl3F2N4O4S. The minimum atomic E-state index is -3.94. The molecule has 1 N–H and O–H groups in total. The van der Waals surface area contributed by atoms with Gasteiger partial charge in [-0.25, -0.2) is 0 Å². The van der Waals surface area contributed by atoms with Crippen LogP contribution < -0.4 is 15.2 Å². The maximum Gasteiger partial charge on any atom is 0.362 e. The van der Waals surface area contributed by atoms with Crippen molar-refractivity contribution in [2.24, 2.45) is 5.41 Å². The number of halogens is 5. The van der Waals surface area contributed by atoms with Gasteiger partial charge in [0.2, 0.25) is 5.91 Å². The van der Waals surface area contributed by atoms with E-state index in [0.717, 1.165) is 43.5 Å². The minimum Gasteiger partial charge on any atom is -0.495 e. The highest BCUT2D eigenvalue weighted by Crippen LogP contribution is 2.55. The van der Waals surface area contributed by atoms with E-state index in [2.05, 4.69) is 6.07 Å². The van der Waals surface area contributed by atoms with E-state index in [1.54, 1.807) is 23.1 Å². The number of hydrogen-bond acceptors (Lipinski definition) is 6. The van der Waals surface area contributed by atoms with Crippen molar-refractivity contribution in [1.82, 2.24) is 9.88 Å². The van der Waals surface area contributed by atoms with Gasteiger partial charge in [-0.2, -0.15) is 14.0 Å². The average Bonchev–Trinajstić information content (AvgIpc) is 3.68. The number of rotatable bonds is 7. The first-order valence-corrected chi connectivity index (χ1v) is 16.0. The zero-order valence-electron chi connectivity index (χ0n) is 23.8. The zero-order chi connectivity index (χ0) is 32.3. The molecule has 8 nitrogen and oxygen atoms in total. The minimum absolute atomic E-state index is 0.00546. The fourth-order valence-corrected chi connectivity index (χ4v) is 7.89. The number of amides is 2. The molecule has 234 valence electrons. The van der Waals surface area contributed by atoms with Crippen LogP contribution in [-0.4, -0.2) is 35.4 Å². The molecule has 2 amide bonds. The quantitative estimate of drug-likeness (QED) is 0.255. The van der Waals surface area contributed by atoms with E-state index in [4.69, 9.17) is 39.5 Å². The van der Waals surface area contributed by atoms with Gasteiger partial charge in [0.1, 0.15) is 17.0 Å². The van der Waals surface area contributed by atoms with Crippen molar-refractivity contribution < 1.29 is 23.1 Å². The number of fused-ring (bicyclic) bond motifs is 1. The van der Waals surface area contributed by atoms with Gasteiger partial charge < -0.3 is 19.5 Å². The first kappa shape index (κ1) is 31.7. The lowest BCUT2D eigenvalue weighted by Gasteiger charge is -2.33. The van der Waals surface area contributed by atoms with E-state index in [1.165, 1.54) is 24.1 Å². The van der Waals surface area contributed by atoms with Crippen molar-refractivity contribution in [2.45, 2.75) is 59.9 Å². The molecule has 2 fully saturated rings. The largest absolute Gasteiger partial charge is 0.495 e. The Bertz CT molecular complexity index is 1820. The molecule has 0 radical (unpaired) electrons. The topological polar surface area (TPSA) is 106 Å². The Kier molecular flexibility index (Phi) is 8.31. The molecule has 1 saturated carbocycles. The lowest BCUT2D eigenvalue weighted by Crippen LogP contribution is -2.42. The molecule has 3 aliphatic rings. The van der Waals surface area contributed by atoms with E-state index < -0.39 is 34.1 Å². The van der Waals surface area contributed by atoms with Gasteiger partial charge in [-0.15, -0.1) is 0 Å². The molecule has 1 atom stereocenters. The van der Waals surface area contributed by atoms with Gasteiger partial charge in [0.25, 0.3) is 11.5 Å². The Hall–Kier alpha value is -3.30. The Morgan fingerprint density at radius 2 is 1.91 bits per heavy atom. The molecule has 6 rings (SSSR count). The smallest absolute Gasteiger partial charge is 0.362 e. The van der Waals surface area contributed by atoms with Crippen LogP contribution in [0.1, 0.15) is 65.3 Å². The van der Waals surface area contributed by atoms with E-state index >= 15 is 0 Å². The van der Waals surface area contributed by atoms with E-state index in [-0.39, 0.29) is 44.1 Å². The maximum absolute atomic E-state index is 14.3. The van der Waals surface area contributed by atoms with Gasteiger partial charge in [-0.1, -0.05) is 41.0 Å². The molecule has 3 aromatic rings. The van der Waals surface area contributed by atoms with Gasteiger partial charge in [0.05, 0.1) is 41.4 Å². The standard InChI is InChI=1S/C31H25Cl3F2N4O4S/c1-44-22-13-17-16(12-21(22)39-11-3-7-30(8-9-30)29(39)43)15-40(20(17)6-10-37)28(42)25-23(14-24(31(34,35)36)38-27(25)41)45-26-18(32)4-2-5-19(26)33/h2,4-5,12-14,20H,3,6-9,11,15H2,1H3,(H,38,41). The average molecular weight is 694 g/mol. The van der Waals surface area contributed by atoms with Crippen molar-refractivity contribution in [3.8, 4) is 11.8 Å². The molecule has 45 heavy (non-hydrogen) atoms. The second kappa shape index (κ2) is 11.8. The number of carbonyl (C=O) groups is 2. The fourth-order valence-electron chi connectivity index (χ4n) is 6.15. The van der Waals surface area contributed by atoms with Crippen LogP contribution in [0, 0.1) is 16.7 Å². The van der Waals surface area contributed by atoms with Gasteiger partial charge >= 0.3 is 5.38 Å². The number of nitrogens with zero attached hydrogens (tertiary/aromatic N) is 3. The second-order valence-corrected chi connectivity index (χ2v) is 13.6. The molecule has 1 saturated heterocycles. The number of pyridine rings is 1. The number of carbonyl (C=O) groups excluding carboxylic acids is 2. The Morgan fingerprint density at radius 1 is 1.20 bits per heavy atom. The summed E-state index contributed by atoms with van der Waals surface area (Å²) in [6.07, 6.45) is 3.28. The summed E-state index contributed by atoms with van der Waals surface area (Å²) < 4.78 is 34.1. The monoisotopic (exact) mass is 692 g/mol. The third-order valence-corrected chi connectivity index (χ3v) is 10.8. The summed E-state index contributed by atoms with van der Waals surface area (Å²) in [4.78, 5) is 46.2. The highest BCUT2D eigenvalue weighted by molar-refractivity contribution is 7.99. The van der Waals surface area contributed by atoms with Crippen molar-refractivity contribution in [3.63, 3.8) is 0 Å². The zero-order valence-corrected chi connectivity index (χ0v) is 26.8. The number of alkyl halides is 3. The van der Waals surface area contributed by atoms with Crippen LogP contribution in [0.5, 0.6) is 5.75 Å². The third kappa shape index (κ3) is 5.67. The molecule has 2 aromatic carbocycles. The first-order chi connectivity index (χ1) is 21.4. The van der Waals surface area contributed by atoms with Gasteiger partial charge in [-0.05, 0) is 78.7 Å². The molecule has 3 heterocycles. The highest BCUT2D eigenvalue weighted by Gasteiger charge is 2.53. The van der Waals surface area contributed by atoms with E-state index in [1.807, 2.05) is 4.98 Å². The van der Waals surface area contributed by atoms with Crippen molar-refractivity contribution in [3.05, 3.63) is 79.2 Å². The molecule has 1 spiro atoms. The molecule has 1 unspecified atom stereocenters. The predicted molar refractivity (Wildman–Crippen MR) is 166 cm³/mol. The molecule has 1 aromatic heterocycles. The van der Waals surface area contributed by atoms with Gasteiger partial charge in [0.15, 0.2) is 0 Å². The Labute approximate surface area is 276 Å². The normalized spacial score (nSPS) is 18.6. The van der Waals surface area contributed by atoms with Crippen LogP contribution in [0.4, 0.5) is 14.5 Å². The molecule has 14 heteroatoms. The number of methoxy groups -OCH3 is 1. The summed E-state index contributed by atoms with van der Waals surface area (Å²) in [6, 6.07) is 10.4. The van der Waals surface area contributed by atoms with Crippen LogP contribution in [0.15, 0.2) is 51.0 Å². The van der Waals surface area contributed by atoms with Gasteiger partial charge in [-0.3, -0.25) is 14.4 Å². The molecular weight excluding hydrogens is 669 g/mol.